The van der Waals surface area contributed by atoms with Crippen LogP contribution in [0.4, 0.5) is 0 Å². The summed E-state index contributed by atoms with van der Waals surface area (Å²) in [4.78, 5) is 10.3. The summed E-state index contributed by atoms with van der Waals surface area (Å²) in [7, 11) is 0. The van der Waals surface area contributed by atoms with Gasteiger partial charge < -0.3 is 4.52 Å². The Kier molecular flexibility index (Phi) is 1.73. The molecule has 0 radical (unpaired) electrons. The maximum Gasteiger partial charge on any atom is 0.275 e. The van der Waals surface area contributed by atoms with Crippen LogP contribution >= 0.6 is 23.2 Å². The van der Waals surface area contributed by atoms with Crippen molar-refractivity contribution in [2.75, 3.05) is 0 Å². The minimum atomic E-state index is -0.714. The van der Waals surface area contributed by atoms with E-state index in [0.29, 0.717) is 0 Å². The molecule has 0 amide bonds. The Balaban J connectivity index is 3.08. The summed E-state index contributed by atoms with van der Waals surface area (Å²) in [5, 5.41) is 2.65. The smallest absolute Gasteiger partial charge is 0.275 e. The van der Waals surface area contributed by atoms with Gasteiger partial charge in [-0.15, -0.1) is 0 Å². The van der Waals surface area contributed by atoms with Crippen LogP contribution in [0.25, 0.3) is 0 Å². The Morgan fingerprint density at radius 2 is 2.44 bits per heavy atom. The molecule has 1 heterocycles. The van der Waals surface area contributed by atoms with Crippen molar-refractivity contribution in [1.29, 1.82) is 0 Å². The van der Waals surface area contributed by atoms with Crippen LogP contribution in [-0.2, 0) is 0 Å². The zero-order chi connectivity index (χ0) is 6.85. The van der Waals surface area contributed by atoms with E-state index in [0.717, 1.165) is 6.26 Å². The lowest BCUT2D eigenvalue weighted by Crippen LogP contribution is -1.87. The van der Waals surface area contributed by atoms with Crippen molar-refractivity contribution in [3.63, 3.8) is 0 Å². The molecule has 0 bridgehead atoms. The van der Waals surface area contributed by atoms with Crippen LogP contribution in [0.1, 0.15) is 10.5 Å². The van der Waals surface area contributed by atoms with Crippen LogP contribution in [0.5, 0.6) is 0 Å². The van der Waals surface area contributed by atoms with Crippen LogP contribution in [-0.4, -0.2) is 10.4 Å². The van der Waals surface area contributed by atoms with Gasteiger partial charge in [0.05, 0.1) is 0 Å². The topological polar surface area (TPSA) is 43.1 Å². The van der Waals surface area contributed by atoms with Crippen molar-refractivity contribution in [1.82, 2.24) is 5.16 Å². The number of rotatable bonds is 1. The molecule has 48 valence electrons. The van der Waals surface area contributed by atoms with Crippen LogP contribution < -0.4 is 0 Å². The highest BCUT2D eigenvalue weighted by Gasteiger charge is 2.10. The van der Waals surface area contributed by atoms with E-state index >= 15 is 0 Å². The molecular formula is C4HCl2NO2. The fourth-order valence-electron chi connectivity index (χ4n) is 0.355. The standard InChI is InChI=1S/C4HCl2NO2/c5-2-1-9-7-3(2)4(6)8/h1H. The SMILES string of the molecule is O=C(Cl)c1nocc1Cl. The molecule has 0 aliphatic heterocycles. The molecule has 0 unspecified atom stereocenters. The summed E-state index contributed by atoms with van der Waals surface area (Å²) in [6.07, 6.45) is 1.14. The zero-order valence-electron chi connectivity index (χ0n) is 4.10. The predicted molar refractivity (Wildman–Crippen MR) is 31.7 cm³/mol. The molecule has 1 aromatic heterocycles. The van der Waals surface area contributed by atoms with Crippen LogP contribution in [0.2, 0.25) is 5.02 Å². The fraction of sp³-hybridized carbons (Fsp3) is 0. The molecule has 5 heteroatoms. The maximum atomic E-state index is 10.3. The second-order valence-electron chi connectivity index (χ2n) is 1.28. The summed E-state index contributed by atoms with van der Waals surface area (Å²) in [5.74, 6) is 0. The fourth-order valence-corrected chi connectivity index (χ4v) is 0.699. The van der Waals surface area contributed by atoms with Gasteiger partial charge in [-0.3, -0.25) is 4.79 Å². The minimum Gasteiger partial charge on any atom is -0.362 e. The van der Waals surface area contributed by atoms with Gasteiger partial charge in [0.1, 0.15) is 11.3 Å². The van der Waals surface area contributed by atoms with Gasteiger partial charge in [-0.1, -0.05) is 16.8 Å². The number of aromatic nitrogens is 1. The number of carbonyl (C=O) groups is 1. The molecule has 9 heavy (non-hydrogen) atoms. The van der Waals surface area contributed by atoms with Gasteiger partial charge in [0.15, 0.2) is 5.69 Å². The average molecular weight is 166 g/mol. The van der Waals surface area contributed by atoms with Crippen molar-refractivity contribution in [3.8, 4) is 0 Å². The van der Waals surface area contributed by atoms with E-state index in [1.807, 2.05) is 0 Å². The van der Waals surface area contributed by atoms with Gasteiger partial charge >= 0.3 is 0 Å². The molecule has 0 fully saturated rings. The zero-order valence-corrected chi connectivity index (χ0v) is 5.61. The Bertz CT molecular complexity index is 232. The molecule has 1 aromatic rings. The highest BCUT2D eigenvalue weighted by Crippen LogP contribution is 2.14. The second kappa shape index (κ2) is 2.37. The van der Waals surface area contributed by atoms with Gasteiger partial charge in [0, 0.05) is 0 Å². The molecule has 0 saturated carbocycles. The van der Waals surface area contributed by atoms with Crippen molar-refractivity contribution in [2.24, 2.45) is 0 Å². The number of hydrogen-bond acceptors (Lipinski definition) is 3. The minimum absolute atomic E-state index is 0.0432. The molecule has 0 N–H and O–H groups in total. The second-order valence-corrected chi connectivity index (χ2v) is 2.04. The van der Waals surface area contributed by atoms with Crippen molar-refractivity contribution < 1.29 is 9.32 Å². The van der Waals surface area contributed by atoms with Gasteiger partial charge in [-0.2, -0.15) is 0 Å². The highest BCUT2D eigenvalue weighted by atomic mass is 35.5. The normalized spacial score (nSPS) is 9.56. The third-order valence-corrected chi connectivity index (χ3v) is 1.16. The lowest BCUT2D eigenvalue weighted by molar-refractivity contribution is 0.107. The van der Waals surface area contributed by atoms with Crippen molar-refractivity contribution >= 4 is 28.4 Å². The summed E-state index contributed by atoms with van der Waals surface area (Å²) in [6, 6.07) is 0. The van der Waals surface area contributed by atoms with E-state index in [2.05, 4.69) is 9.68 Å². The molecule has 1 rings (SSSR count). The Labute approximate surface area is 60.5 Å². The summed E-state index contributed by atoms with van der Waals surface area (Å²) >= 11 is 10.4. The van der Waals surface area contributed by atoms with E-state index < -0.39 is 5.24 Å². The molecule has 0 atom stereocenters. The highest BCUT2D eigenvalue weighted by molar-refractivity contribution is 6.68. The lowest BCUT2D eigenvalue weighted by Gasteiger charge is -1.78. The third-order valence-electron chi connectivity index (χ3n) is 0.713. The average Bonchev–Trinajstić information content (AvgIpc) is 2.13. The molecule has 0 aliphatic carbocycles. The summed E-state index contributed by atoms with van der Waals surface area (Å²) < 4.78 is 4.32. The molecule has 0 spiro atoms. The molecular weight excluding hydrogens is 165 g/mol. The van der Waals surface area contributed by atoms with E-state index in [1.165, 1.54) is 0 Å². The Hall–Kier alpha value is -0.540. The van der Waals surface area contributed by atoms with E-state index in [1.54, 1.807) is 0 Å². The number of nitrogens with zero attached hydrogens (tertiary/aromatic N) is 1. The van der Waals surface area contributed by atoms with Crippen LogP contribution in [0.3, 0.4) is 0 Å². The van der Waals surface area contributed by atoms with Crippen molar-refractivity contribution in [3.05, 3.63) is 17.0 Å². The predicted octanol–water partition coefficient (Wildman–Crippen LogP) is 1.71. The first kappa shape index (κ1) is 6.58. The van der Waals surface area contributed by atoms with Gasteiger partial charge in [0.2, 0.25) is 0 Å². The van der Waals surface area contributed by atoms with E-state index in [9.17, 15) is 4.79 Å². The van der Waals surface area contributed by atoms with Crippen molar-refractivity contribution in [2.45, 2.75) is 0 Å². The third kappa shape index (κ3) is 1.23. The number of halogens is 2. The lowest BCUT2D eigenvalue weighted by atomic mass is 10.5. The van der Waals surface area contributed by atoms with E-state index in [-0.39, 0.29) is 10.7 Å². The van der Waals surface area contributed by atoms with E-state index in [4.69, 9.17) is 23.2 Å². The monoisotopic (exact) mass is 165 g/mol. The maximum absolute atomic E-state index is 10.3. The Morgan fingerprint density at radius 3 is 2.67 bits per heavy atom. The first-order valence-corrected chi connectivity index (χ1v) is 2.77. The Morgan fingerprint density at radius 1 is 1.78 bits per heavy atom. The van der Waals surface area contributed by atoms with Crippen LogP contribution in [0.15, 0.2) is 10.8 Å². The largest absolute Gasteiger partial charge is 0.362 e. The first-order chi connectivity index (χ1) is 4.22. The summed E-state index contributed by atoms with van der Waals surface area (Å²) in [5.41, 5.74) is -0.0432. The first-order valence-electron chi connectivity index (χ1n) is 2.01. The van der Waals surface area contributed by atoms with Crippen LogP contribution in [0, 0.1) is 0 Å². The molecule has 0 aromatic carbocycles. The van der Waals surface area contributed by atoms with Gasteiger partial charge in [-0.25, -0.2) is 0 Å². The number of carbonyl (C=O) groups excluding carboxylic acids is 1. The van der Waals surface area contributed by atoms with Gasteiger partial charge in [0.25, 0.3) is 5.24 Å². The summed E-state index contributed by atoms with van der Waals surface area (Å²) in [6.45, 7) is 0. The molecule has 0 saturated heterocycles. The molecule has 3 nitrogen and oxygen atoms in total. The van der Waals surface area contributed by atoms with Gasteiger partial charge in [-0.05, 0) is 11.6 Å². The quantitative estimate of drug-likeness (QED) is 0.596. The number of hydrogen-bond donors (Lipinski definition) is 0. The molecule has 0 aliphatic rings.